The normalized spacial score (nSPS) is 11.4. The van der Waals surface area contributed by atoms with Crippen LogP contribution in [0.2, 0.25) is 0 Å². The molecule has 0 fully saturated rings. The minimum atomic E-state index is -0.223. The third-order valence-electron chi connectivity index (χ3n) is 5.24. The fourth-order valence-corrected chi connectivity index (χ4v) is 3.41. The molecule has 0 aliphatic rings. The van der Waals surface area contributed by atoms with Crippen LogP contribution in [0.15, 0.2) is 64.6 Å². The van der Waals surface area contributed by atoms with Crippen LogP contribution < -0.4 is 4.74 Å². The van der Waals surface area contributed by atoms with Crippen molar-refractivity contribution in [2.24, 2.45) is 0 Å². The van der Waals surface area contributed by atoms with Gasteiger partial charge >= 0.3 is 5.97 Å². The molecule has 3 rings (SSSR count). The van der Waals surface area contributed by atoms with Gasteiger partial charge in [-0.05, 0) is 56.7 Å². The SMILES string of the molecule is COC(=O)CC/C(C)=C/COc1ccccc1CN(C)C(=O)c1ccc2oc(C)cc2c1. The largest absolute Gasteiger partial charge is 0.489 e. The molecule has 2 aromatic carbocycles. The number of rotatable bonds is 9. The number of para-hydroxylation sites is 1. The van der Waals surface area contributed by atoms with Gasteiger partial charge in [-0.3, -0.25) is 9.59 Å². The van der Waals surface area contributed by atoms with Crippen molar-refractivity contribution >= 4 is 22.8 Å². The van der Waals surface area contributed by atoms with Crippen LogP contribution in [0.5, 0.6) is 5.75 Å². The van der Waals surface area contributed by atoms with Crippen molar-refractivity contribution in [2.75, 3.05) is 20.8 Å². The van der Waals surface area contributed by atoms with Crippen molar-refractivity contribution in [1.82, 2.24) is 4.90 Å². The summed E-state index contributed by atoms with van der Waals surface area (Å²) < 4.78 is 16.2. The van der Waals surface area contributed by atoms with Gasteiger partial charge < -0.3 is 18.8 Å². The van der Waals surface area contributed by atoms with Crippen LogP contribution in [0.1, 0.15) is 41.4 Å². The lowest BCUT2D eigenvalue weighted by Crippen LogP contribution is -2.26. The van der Waals surface area contributed by atoms with Crippen molar-refractivity contribution in [3.8, 4) is 5.75 Å². The molecule has 0 spiro atoms. The summed E-state index contributed by atoms with van der Waals surface area (Å²) in [6.45, 7) is 4.66. The molecule has 3 aromatic rings. The van der Waals surface area contributed by atoms with Crippen molar-refractivity contribution in [3.05, 3.63) is 77.1 Å². The number of carbonyl (C=O) groups excluding carboxylic acids is 2. The Hall–Kier alpha value is -3.54. The van der Waals surface area contributed by atoms with Crippen LogP contribution in [0, 0.1) is 6.92 Å². The van der Waals surface area contributed by atoms with Gasteiger partial charge in [-0.15, -0.1) is 0 Å². The molecule has 32 heavy (non-hydrogen) atoms. The molecular weight excluding hydrogens is 406 g/mol. The van der Waals surface area contributed by atoms with E-state index < -0.39 is 0 Å². The second-order valence-corrected chi connectivity index (χ2v) is 7.82. The molecule has 0 saturated heterocycles. The molecule has 0 bridgehead atoms. The topological polar surface area (TPSA) is 69.0 Å². The Labute approximate surface area is 188 Å². The number of nitrogens with zero attached hydrogens (tertiary/aromatic N) is 1. The average Bonchev–Trinajstić information content (AvgIpc) is 3.17. The lowest BCUT2D eigenvalue weighted by molar-refractivity contribution is -0.140. The molecule has 0 aliphatic carbocycles. The molecule has 1 aromatic heterocycles. The molecule has 0 radical (unpaired) electrons. The summed E-state index contributed by atoms with van der Waals surface area (Å²) in [7, 11) is 3.17. The molecule has 0 atom stereocenters. The first-order chi connectivity index (χ1) is 15.4. The number of furan rings is 1. The summed E-state index contributed by atoms with van der Waals surface area (Å²) >= 11 is 0. The van der Waals surface area contributed by atoms with Crippen LogP contribution >= 0.6 is 0 Å². The molecule has 1 heterocycles. The van der Waals surface area contributed by atoms with Crippen molar-refractivity contribution in [2.45, 2.75) is 33.2 Å². The van der Waals surface area contributed by atoms with E-state index in [2.05, 4.69) is 4.74 Å². The third kappa shape index (κ3) is 6.00. The first-order valence-electron chi connectivity index (χ1n) is 10.6. The molecule has 1 amide bonds. The Morgan fingerprint density at radius 1 is 1.09 bits per heavy atom. The van der Waals surface area contributed by atoms with Crippen LogP contribution in [0.4, 0.5) is 0 Å². The lowest BCUT2D eigenvalue weighted by Gasteiger charge is -2.19. The van der Waals surface area contributed by atoms with Crippen LogP contribution in [-0.2, 0) is 16.1 Å². The second kappa shape index (κ2) is 10.7. The molecular formula is C26H29NO5. The van der Waals surface area contributed by atoms with E-state index in [0.29, 0.717) is 31.6 Å². The van der Waals surface area contributed by atoms with E-state index in [1.807, 2.05) is 62.4 Å². The predicted octanol–water partition coefficient (Wildman–Crippen LogP) is 5.29. The number of amides is 1. The molecule has 0 aliphatic heterocycles. The molecule has 0 unspecified atom stereocenters. The van der Waals surface area contributed by atoms with E-state index in [1.54, 1.807) is 18.0 Å². The van der Waals surface area contributed by atoms with Gasteiger partial charge in [0.2, 0.25) is 0 Å². The Morgan fingerprint density at radius 2 is 1.88 bits per heavy atom. The van der Waals surface area contributed by atoms with E-state index >= 15 is 0 Å². The Balaban J connectivity index is 1.63. The number of benzene rings is 2. The summed E-state index contributed by atoms with van der Waals surface area (Å²) in [5.74, 6) is 1.25. The van der Waals surface area contributed by atoms with Gasteiger partial charge in [-0.25, -0.2) is 0 Å². The highest BCUT2D eigenvalue weighted by Crippen LogP contribution is 2.23. The highest BCUT2D eigenvalue weighted by atomic mass is 16.5. The zero-order chi connectivity index (χ0) is 23.1. The van der Waals surface area contributed by atoms with Crippen LogP contribution in [-0.4, -0.2) is 37.5 Å². The fourth-order valence-electron chi connectivity index (χ4n) is 3.41. The third-order valence-corrected chi connectivity index (χ3v) is 5.24. The van der Waals surface area contributed by atoms with E-state index in [0.717, 1.165) is 33.6 Å². The van der Waals surface area contributed by atoms with E-state index in [4.69, 9.17) is 9.15 Å². The second-order valence-electron chi connectivity index (χ2n) is 7.82. The summed E-state index contributed by atoms with van der Waals surface area (Å²) in [5.41, 5.74) is 3.37. The van der Waals surface area contributed by atoms with E-state index in [-0.39, 0.29) is 11.9 Å². The van der Waals surface area contributed by atoms with Gasteiger partial charge in [-0.1, -0.05) is 23.8 Å². The minimum Gasteiger partial charge on any atom is -0.489 e. The van der Waals surface area contributed by atoms with E-state index in [1.165, 1.54) is 7.11 Å². The zero-order valence-corrected chi connectivity index (χ0v) is 19.0. The van der Waals surface area contributed by atoms with Gasteiger partial charge in [0.1, 0.15) is 23.7 Å². The van der Waals surface area contributed by atoms with Crippen molar-refractivity contribution < 1.29 is 23.5 Å². The summed E-state index contributed by atoms with van der Waals surface area (Å²) in [5, 5.41) is 0.917. The summed E-state index contributed by atoms with van der Waals surface area (Å²) in [4.78, 5) is 25.9. The summed E-state index contributed by atoms with van der Waals surface area (Å²) in [6.07, 6.45) is 2.94. The van der Waals surface area contributed by atoms with Gasteiger partial charge in [0.05, 0.1) is 7.11 Å². The maximum absolute atomic E-state index is 13.0. The predicted molar refractivity (Wildman–Crippen MR) is 124 cm³/mol. The number of aryl methyl sites for hydroxylation is 1. The zero-order valence-electron chi connectivity index (χ0n) is 19.0. The fraction of sp³-hybridized carbons (Fsp3) is 0.308. The minimum absolute atomic E-state index is 0.0703. The van der Waals surface area contributed by atoms with Crippen LogP contribution in [0.3, 0.4) is 0 Å². The highest BCUT2D eigenvalue weighted by Gasteiger charge is 2.15. The van der Waals surface area contributed by atoms with Gasteiger partial charge in [0.15, 0.2) is 0 Å². The molecule has 6 heteroatoms. The molecule has 0 N–H and O–H groups in total. The van der Waals surface area contributed by atoms with Gasteiger partial charge in [0, 0.05) is 36.5 Å². The molecule has 168 valence electrons. The average molecular weight is 436 g/mol. The Kier molecular flexibility index (Phi) is 7.71. The van der Waals surface area contributed by atoms with Gasteiger partial charge in [0.25, 0.3) is 5.91 Å². The quantitative estimate of drug-likeness (QED) is 0.337. The highest BCUT2D eigenvalue weighted by molar-refractivity contribution is 5.97. The molecule has 6 nitrogen and oxygen atoms in total. The molecule has 0 saturated carbocycles. The Bertz CT molecular complexity index is 1130. The monoisotopic (exact) mass is 435 g/mol. The van der Waals surface area contributed by atoms with Crippen molar-refractivity contribution in [1.29, 1.82) is 0 Å². The summed E-state index contributed by atoms with van der Waals surface area (Å²) in [6, 6.07) is 15.1. The number of hydrogen-bond acceptors (Lipinski definition) is 5. The number of methoxy groups -OCH3 is 1. The first-order valence-corrected chi connectivity index (χ1v) is 10.6. The smallest absolute Gasteiger partial charge is 0.305 e. The first kappa shape index (κ1) is 23.1. The van der Waals surface area contributed by atoms with E-state index in [9.17, 15) is 9.59 Å². The maximum Gasteiger partial charge on any atom is 0.305 e. The standard InChI is InChI=1S/C26H29NO5/c1-18(9-12-25(28)30-4)13-14-31-23-8-6-5-7-21(23)17-27(3)26(29)20-10-11-24-22(16-20)15-19(2)32-24/h5-8,10-11,13,15-16H,9,12,14,17H2,1-4H3/b18-13+. The number of allylic oxidation sites excluding steroid dienone is 1. The number of carbonyl (C=O) groups is 2. The number of esters is 1. The van der Waals surface area contributed by atoms with Gasteiger partial charge in [-0.2, -0.15) is 0 Å². The number of hydrogen-bond donors (Lipinski definition) is 0. The number of fused-ring (bicyclic) bond motifs is 1. The number of ether oxygens (including phenoxy) is 2. The van der Waals surface area contributed by atoms with Crippen LogP contribution in [0.25, 0.3) is 11.0 Å². The van der Waals surface area contributed by atoms with Crippen molar-refractivity contribution in [3.63, 3.8) is 0 Å². The Morgan fingerprint density at radius 3 is 2.66 bits per heavy atom. The lowest BCUT2D eigenvalue weighted by atomic mass is 10.1. The maximum atomic E-state index is 13.0.